The molecule has 0 spiro atoms. The van der Waals surface area contributed by atoms with Gasteiger partial charge in [0.15, 0.2) is 0 Å². The van der Waals surface area contributed by atoms with Gasteiger partial charge in [-0.25, -0.2) is 4.98 Å². The minimum absolute atomic E-state index is 0.437. The Hall–Kier alpha value is -1.25. The van der Waals surface area contributed by atoms with Crippen LogP contribution in [0.1, 0.15) is 33.6 Å². The van der Waals surface area contributed by atoms with Crippen molar-refractivity contribution >= 4 is 11.6 Å². The Bertz CT molecular complexity index is 387. The van der Waals surface area contributed by atoms with Gasteiger partial charge in [0.1, 0.15) is 11.6 Å². The molecule has 3 heteroatoms. The molecule has 1 saturated heterocycles. The Morgan fingerprint density at radius 2 is 1.89 bits per heavy atom. The van der Waals surface area contributed by atoms with Crippen molar-refractivity contribution in [1.29, 1.82) is 0 Å². The van der Waals surface area contributed by atoms with Gasteiger partial charge in [-0.3, -0.25) is 0 Å². The van der Waals surface area contributed by atoms with E-state index in [1.165, 1.54) is 12.8 Å². The summed E-state index contributed by atoms with van der Waals surface area (Å²) < 4.78 is 0. The van der Waals surface area contributed by atoms with Crippen molar-refractivity contribution in [1.82, 2.24) is 4.98 Å². The lowest BCUT2D eigenvalue weighted by Gasteiger charge is -2.39. The fourth-order valence-corrected chi connectivity index (χ4v) is 2.71. The second-order valence-corrected chi connectivity index (χ2v) is 6.26. The number of aromatic nitrogens is 1. The van der Waals surface area contributed by atoms with Crippen molar-refractivity contribution in [2.24, 2.45) is 11.3 Å². The topological polar surface area (TPSA) is 28.2 Å². The van der Waals surface area contributed by atoms with E-state index in [4.69, 9.17) is 0 Å². The van der Waals surface area contributed by atoms with E-state index in [-0.39, 0.29) is 0 Å². The average molecular weight is 247 g/mol. The lowest BCUT2D eigenvalue weighted by atomic mass is 9.75. The van der Waals surface area contributed by atoms with Crippen LogP contribution in [-0.2, 0) is 0 Å². The Morgan fingerprint density at radius 3 is 2.44 bits per heavy atom. The maximum absolute atomic E-state index is 4.62. The molecule has 1 aromatic rings. The molecular formula is C15H25N3. The summed E-state index contributed by atoms with van der Waals surface area (Å²) in [5, 5.41) is 3.10. The molecule has 0 radical (unpaired) electrons. The molecule has 0 unspecified atom stereocenters. The summed E-state index contributed by atoms with van der Waals surface area (Å²) in [5.74, 6) is 2.89. The summed E-state index contributed by atoms with van der Waals surface area (Å²) in [5.41, 5.74) is 0.437. The predicted molar refractivity (Wildman–Crippen MR) is 78.2 cm³/mol. The minimum Gasteiger partial charge on any atom is -0.373 e. The third-order valence-corrected chi connectivity index (χ3v) is 4.03. The number of rotatable bonds is 2. The second kappa shape index (κ2) is 5.17. The zero-order valence-corrected chi connectivity index (χ0v) is 12.0. The van der Waals surface area contributed by atoms with Gasteiger partial charge in [0, 0.05) is 20.1 Å². The number of nitrogens with one attached hydrogen (secondary N) is 1. The van der Waals surface area contributed by atoms with Crippen molar-refractivity contribution in [3.63, 3.8) is 0 Å². The Morgan fingerprint density at radius 1 is 1.22 bits per heavy atom. The Kier molecular flexibility index (Phi) is 3.79. The molecule has 1 aliphatic heterocycles. The third-order valence-electron chi connectivity index (χ3n) is 4.03. The zero-order valence-electron chi connectivity index (χ0n) is 12.0. The van der Waals surface area contributed by atoms with Gasteiger partial charge in [-0.15, -0.1) is 0 Å². The van der Waals surface area contributed by atoms with Crippen LogP contribution in [0.25, 0.3) is 0 Å². The van der Waals surface area contributed by atoms with Gasteiger partial charge in [0.05, 0.1) is 0 Å². The molecule has 2 rings (SSSR count). The van der Waals surface area contributed by atoms with Crippen LogP contribution in [-0.4, -0.2) is 25.1 Å². The first kappa shape index (κ1) is 13.2. The molecule has 1 fully saturated rings. The first-order valence-electron chi connectivity index (χ1n) is 6.90. The molecule has 0 amide bonds. The first-order chi connectivity index (χ1) is 8.50. The fourth-order valence-electron chi connectivity index (χ4n) is 2.71. The highest BCUT2D eigenvalue weighted by Gasteiger charge is 2.29. The standard InChI is InChI=1S/C15H25N3/c1-15(2,3)12-8-10-18(11-9-12)14-7-5-6-13(16-4)17-14/h5-7,12H,8-11H2,1-4H3,(H,16,17). The summed E-state index contributed by atoms with van der Waals surface area (Å²) in [7, 11) is 1.91. The number of hydrogen-bond acceptors (Lipinski definition) is 3. The maximum Gasteiger partial charge on any atom is 0.130 e. The highest BCUT2D eigenvalue weighted by molar-refractivity contribution is 5.47. The summed E-state index contributed by atoms with van der Waals surface area (Å²) in [4.78, 5) is 7.02. The van der Waals surface area contributed by atoms with Gasteiger partial charge in [0.2, 0.25) is 0 Å². The lowest BCUT2D eigenvalue weighted by Crippen LogP contribution is -2.38. The van der Waals surface area contributed by atoms with Gasteiger partial charge in [-0.1, -0.05) is 26.8 Å². The van der Waals surface area contributed by atoms with E-state index in [1.54, 1.807) is 0 Å². The summed E-state index contributed by atoms with van der Waals surface area (Å²) in [6, 6.07) is 6.19. The monoisotopic (exact) mass is 247 g/mol. The molecule has 0 aromatic carbocycles. The Labute approximate surface area is 111 Å². The summed E-state index contributed by atoms with van der Waals surface area (Å²) in [6.45, 7) is 9.32. The maximum atomic E-state index is 4.62. The molecule has 1 N–H and O–H groups in total. The number of hydrogen-bond donors (Lipinski definition) is 1. The van der Waals surface area contributed by atoms with Crippen LogP contribution in [0, 0.1) is 11.3 Å². The van der Waals surface area contributed by atoms with E-state index < -0.39 is 0 Å². The van der Waals surface area contributed by atoms with Crippen molar-refractivity contribution in [2.45, 2.75) is 33.6 Å². The van der Waals surface area contributed by atoms with Gasteiger partial charge in [0.25, 0.3) is 0 Å². The molecule has 0 aliphatic carbocycles. The lowest BCUT2D eigenvalue weighted by molar-refractivity contribution is 0.198. The molecule has 3 nitrogen and oxygen atoms in total. The molecule has 1 aliphatic rings. The van der Waals surface area contributed by atoms with Gasteiger partial charge in [-0.05, 0) is 36.3 Å². The van der Waals surface area contributed by atoms with E-state index in [9.17, 15) is 0 Å². The van der Waals surface area contributed by atoms with Gasteiger partial charge in [-0.2, -0.15) is 0 Å². The van der Waals surface area contributed by atoms with E-state index in [1.807, 2.05) is 13.1 Å². The highest BCUT2D eigenvalue weighted by atomic mass is 15.2. The molecule has 0 atom stereocenters. The molecule has 100 valence electrons. The van der Waals surface area contributed by atoms with E-state index in [2.05, 4.69) is 48.1 Å². The average Bonchev–Trinajstić information content (AvgIpc) is 2.38. The SMILES string of the molecule is CNc1cccc(N2CCC(C(C)(C)C)CC2)n1. The normalized spacial score (nSPS) is 17.9. The zero-order chi connectivity index (χ0) is 13.2. The van der Waals surface area contributed by atoms with Crippen LogP contribution in [0.4, 0.5) is 11.6 Å². The molecule has 18 heavy (non-hydrogen) atoms. The third kappa shape index (κ3) is 2.95. The summed E-state index contributed by atoms with van der Waals surface area (Å²) >= 11 is 0. The van der Waals surface area contributed by atoms with E-state index >= 15 is 0 Å². The van der Waals surface area contributed by atoms with Crippen LogP contribution < -0.4 is 10.2 Å². The minimum atomic E-state index is 0.437. The molecular weight excluding hydrogens is 222 g/mol. The van der Waals surface area contributed by atoms with Crippen molar-refractivity contribution < 1.29 is 0 Å². The van der Waals surface area contributed by atoms with Gasteiger partial charge < -0.3 is 10.2 Å². The van der Waals surface area contributed by atoms with E-state index in [0.29, 0.717) is 5.41 Å². The molecule has 1 aromatic heterocycles. The highest BCUT2D eigenvalue weighted by Crippen LogP contribution is 2.35. The number of anilines is 2. The first-order valence-corrected chi connectivity index (χ1v) is 6.90. The number of piperidine rings is 1. The summed E-state index contributed by atoms with van der Waals surface area (Å²) in [6.07, 6.45) is 2.55. The smallest absolute Gasteiger partial charge is 0.130 e. The molecule has 0 bridgehead atoms. The molecule has 0 saturated carbocycles. The quantitative estimate of drug-likeness (QED) is 0.868. The van der Waals surface area contributed by atoms with Crippen LogP contribution in [0.5, 0.6) is 0 Å². The van der Waals surface area contributed by atoms with Crippen molar-refractivity contribution in [3.05, 3.63) is 18.2 Å². The van der Waals surface area contributed by atoms with E-state index in [0.717, 1.165) is 30.6 Å². The fraction of sp³-hybridized carbons (Fsp3) is 0.667. The Balaban J connectivity index is 2.01. The van der Waals surface area contributed by atoms with Crippen molar-refractivity contribution in [2.75, 3.05) is 30.4 Å². The number of pyridine rings is 1. The van der Waals surface area contributed by atoms with Crippen LogP contribution in [0.2, 0.25) is 0 Å². The van der Waals surface area contributed by atoms with Crippen LogP contribution in [0.3, 0.4) is 0 Å². The second-order valence-electron chi connectivity index (χ2n) is 6.26. The van der Waals surface area contributed by atoms with Crippen molar-refractivity contribution in [3.8, 4) is 0 Å². The largest absolute Gasteiger partial charge is 0.373 e. The number of nitrogens with zero attached hydrogens (tertiary/aromatic N) is 2. The van der Waals surface area contributed by atoms with Crippen LogP contribution >= 0.6 is 0 Å². The predicted octanol–water partition coefficient (Wildman–Crippen LogP) is 3.39. The van der Waals surface area contributed by atoms with Gasteiger partial charge >= 0.3 is 0 Å². The molecule has 2 heterocycles. The van der Waals surface area contributed by atoms with Crippen LogP contribution in [0.15, 0.2) is 18.2 Å².